The van der Waals surface area contributed by atoms with E-state index < -0.39 is 5.60 Å². The normalized spacial score (nSPS) is 19.5. The third kappa shape index (κ3) is 4.73. The summed E-state index contributed by atoms with van der Waals surface area (Å²) in [4.78, 5) is 25.8. The average Bonchev–Trinajstić information content (AvgIpc) is 2.54. The van der Waals surface area contributed by atoms with Crippen LogP contribution in [-0.4, -0.2) is 43.1 Å². The lowest BCUT2D eigenvalue weighted by atomic mass is 9.82. The minimum Gasteiger partial charge on any atom is -0.497 e. The van der Waals surface area contributed by atoms with Gasteiger partial charge in [0.25, 0.3) is 0 Å². The zero-order chi connectivity index (χ0) is 17.7. The van der Waals surface area contributed by atoms with Crippen molar-refractivity contribution in [2.24, 2.45) is 5.92 Å². The highest BCUT2D eigenvalue weighted by Crippen LogP contribution is 2.32. The van der Waals surface area contributed by atoms with Crippen molar-refractivity contribution in [1.82, 2.24) is 4.90 Å². The number of hydrogen-bond acceptors (Lipinski definition) is 4. The minimum atomic E-state index is -0.513. The molecule has 1 aliphatic heterocycles. The first-order chi connectivity index (χ1) is 11.3. The van der Waals surface area contributed by atoms with E-state index in [0.717, 1.165) is 30.4 Å². The van der Waals surface area contributed by atoms with Crippen molar-refractivity contribution >= 4 is 12.4 Å². The number of likely N-dealkylation sites (tertiary alicyclic amines) is 1. The van der Waals surface area contributed by atoms with E-state index in [1.807, 2.05) is 45.0 Å². The molecule has 0 saturated carbocycles. The molecule has 0 radical (unpaired) electrons. The largest absolute Gasteiger partial charge is 0.497 e. The zero-order valence-corrected chi connectivity index (χ0v) is 15.0. The first kappa shape index (κ1) is 18.3. The topological polar surface area (TPSA) is 55.8 Å². The first-order valence-corrected chi connectivity index (χ1v) is 8.41. The van der Waals surface area contributed by atoms with Crippen molar-refractivity contribution < 1.29 is 19.1 Å². The number of rotatable bonds is 4. The molecule has 0 spiro atoms. The fourth-order valence-corrected chi connectivity index (χ4v) is 3.11. The van der Waals surface area contributed by atoms with Crippen molar-refractivity contribution in [1.29, 1.82) is 0 Å². The molecule has 2 unspecified atom stereocenters. The second kappa shape index (κ2) is 7.69. The second-order valence-electron chi connectivity index (χ2n) is 7.27. The zero-order valence-electron chi connectivity index (χ0n) is 15.0. The van der Waals surface area contributed by atoms with Crippen molar-refractivity contribution in [3.05, 3.63) is 29.8 Å². The average molecular weight is 333 g/mol. The summed E-state index contributed by atoms with van der Waals surface area (Å²) in [7, 11) is 1.61. The van der Waals surface area contributed by atoms with Gasteiger partial charge in [0.05, 0.1) is 7.11 Å². The monoisotopic (exact) mass is 333 g/mol. The molecule has 1 heterocycles. The summed E-state index contributed by atoms with van der Waals surface area (Å²) >= 11 is 0. The van der Waals surface area contributed by atoms with Crippen LogP contribution in [0.2, 0.25) is 0 Å². The Morgan fingerprint density at radius 3 is 2.75 bits per heavy atom. The van der Waals surface area contributed by atoms with E-state index in [2.05, 4.69) is 0 Å². The summed E-state index contributed by atoms with van der Waals surface area (Å²) in [6.07, 6.45) is 2.47. The number of carbonyl (C=O) groups excluding carboxylic acids is 2. The SMILES string of the molecule is COc1cccc(C(C=O)C2CCCN(C(=O)OC(C)(C)C)C2)c1. The van der Waals surface area contributed by atoms with Crippen molar-refractivity contribution in [3.8, 4) is 5.75 Å². The van der Waals surface area contributed by atoms with Gasteiger partial charge in [0.2, 0.25) is 0 Å². The van der Waals surface area contributed by atoms with E-state index in [0.29, 0.717) is 13.1 Å². The van der Waals surface area contributed by atoms with Crippen molar-refractivity contribution in [2.45, 2.75) is 45.1 Å². The number of piperidine rings is 1. The lowest BCUT2D eigenvalue weighted by Crippen LogP contribution is -2.44. The van der Waals surface area contributed by atoms with E-state index in [1.165, 1.54) is 0 Å². The van der Waals surface area contributed by atoms with Crippen LogP contribution in [0.3, 0.4) is 0 Å². The van der Waals surface area contributed by atoms with Gasteiger partial charge in [-0.2, -0.15) is 0 Å². The van der Waals surface area contributed by atoms with Gasteiger partial charge in [0.15, 0.2) is 0 Å². The van der Waals surface area contributed by atoms with Crippen LogP contribution in [0.25, 0.3) is 0 Å². The Bertz CT molecular complexity index is 579. The maximum atomic E-state index is 12.3. The second-order valence-corrected chi connectivity index (χ2v) is 7.27. The lowest BCUT2D eigenvalue weighted by molar-refractivity contribution is -0.110. The summed E-state index contributed by atoms with van der Waals surface area (Å²) in [5.74, 6) is 0.584. The quantitative estimate of drug-likeness (QED) is 0.790. The number of nitrogens with zero attached hydrogens (tertiary/aromatic N) is 1. The molecule has 5 nitrogen and oxygen atoms in total. The highest BCUT2D eigenvalue weighted by Gasteiger charge is 2.32. The molecule has 1 aromatic rings. The van der Waals surface area contributed by atoms with Crippen LogP contribution in [0, 0.1) is 5.92 Å². The molecule has 2 atom stereocenters. The Morgan fingerprint density at radius 1 is 1.38 bits per heavy atom. The number of methoxy groups -OCH3 is 1. The fourth-order valence-electron chi connectivity index (χ4n) is 3.11. The van der Waals surface area contributed by atoms with E-state index >= 15 is 0 Å². The summed E-state index contributed by atoms with van der Waals surface area (Å²) in [6.45, 7) is 6.79. The predicted octanol–water partition coefficient (Wildman–Crippen LogP) is 3.62. The Kier molecular flexibility index (Phi) is 5.86. The Hall–Kier alpha value is -2.04. The van der Waals surface area contributed by atoms with Gasteiger partial charge >= 0.3 is 6.09 Å². The Labute approximate surface area is 143 Å². The van der Waals surface area contributed by atoms with Crippen LogP contribution in [0.5, 0.6) is 5.75 Å². The van der Waals surface area contributed by atoms with Gasteiger partial charge in [-0.05, 0) is 57.2 Å². The summed E-state index contributed by atoms with van der Waals surface area (Å²) in [5.41, 5.74) is 0.418. The molecule has 132 valence electrons. The highest BCUT2D eigenvalue weighted by atomic mass is 16.6. The fraction of sp³-hybridized carbons (Fsp3) is 0.579. The van der Waals surface area contributed by atoms with Crippen LogP contribution >= 0.6 is 0 Å². The Morgan fingerprint density at radius 2 is 2.12 bits per heavy atom. The van der Waals surface area contributed by atoms with Crippen LogP contribution in [0.4, 0.5) is 4.79 Å². The molecule has 1 amide bonds. The number of carbonyl (C=O) groups is 2. The number of benzene rings is 1. The van der Waals surface area contributed by atoms with Gasteiger partial charge in [0, 0.05) is 19.0 Å². The molecule has 0 aromatic heterocycles. The Balaban J connectivity index is 2.11. The van der Waals surface area contributed by atoms with Gasteiger partial charge in [0.1, 0.15) is 17.6 Å². The summed E-state index contributed by atoms with van der Waals surface area (Å²) < 4.78 is 10.7. The number of aldehydes is 1. The summed E-state index contributed by atoms with van der Waals surface area (Å²) in [5, 5.41) is 0. The van der Waals surface area contributed by atoms with Gasteiger partial charge < -0.3 is 19.2 Å². The molecule has 1 aromatic carbocycles. The van der Waals surface area contributed by atoms with E-state index in [4.69, 9.17) is 9.47 Å². The van der Waals surface area contributed by atoms with Gasteiger partial charge in [-0.1, -0.05) is 12.1 Å². The molecule has 24 heavy (non-hydrogen) atoms. The highest BCUT2D eigenvalue weighted by molar-refractivity contribution is 5.69. The van der Waals surface area contributed by atoms with Gasteiger partial charge in [-0.15, -0.1) is 0 Å². The molecular weight excluding hydrogens is 306 g/mol. The van der Waals surface area contributed by atoms with Crippen molar-refractivity contribution in [3.63, 3.8) is 0 Å². The molecular formula is C19H27NO4. The van der Waals surface area contributed by atoms with E-state index in [-0.39, 0.29) is 17.9 Å². The van der Waals surface area contributed by atoms with Crippen molar-refractivity contribution in [2.75, 3.05) is 20.2 Å². The third-order valence-corrected chi connectivity index (χ3v) is 4.24. The molecule has 0 bridgehead atoms. The van der Waals surface area contributed by atoms with Crippen LogP contribution in [-0.2, 0) is 9.53 Å². The molecule has 5 heteroatoms. The molecule has 0 aliphatic carbocycles. The van der Waals surface area contributed by atoms with E-state index in [9.17, 15) is 9.59 Å². The van der Waals surface area contributed by atoms with E-state index in [1.54, 1.807) is 12.0 Å². The smallest absolute Gasteiger partial charge is 0.410 e. The molecule has 1 saturated heterocycles. The maximum absolute atomic E-state index is 12.3. The summed E-state index contributed by atoms with van der Waals surface area (Å²) in [6, 6.07) is 7.58. The number of hydrogen-bond donors (Lipinski definition) is 0. The van der Waals surface area contributed by atoms with Gasteiger partial charge in [-0.3, -0.25) is 0 Å². The molecule has 2 rings (SSSR count). The maximum Gasteiger partial charge on any atom is 0.410 e. The van der Waals surface area contributed by atoms with Gasteiger partial charge in [-0.25, -0.2) is 4.79 Å². The van der Waals surface area contributed by atoms with Crippen LogP contribution in [0.1, 0.15) is 45.1 Å². The van der Waals surface area contributed by atoms with Crippen LogP contribution < -0.4 is 4.74 Å². The molecule has 1 fully saturated rings. The molecule has 0 N–H and O–H groups in total. The third-order valence-electron chi connectivity index (χ3n) is 4.24. The molecule has 1 aliphatic rings. The predicted molar refractivity (Wildman–Crippen MR) is 92.3 cm³/mol. The minimum absolute atomic E-state index is 0.0934. The first-order valence-electron chi connectivity index (χ1n) is 8.41. The standard InChI is InChI=1S/C19H27NO4/c1-19(2,3)24-18(22)20-10-6-8-15(12-20)17(13-21)14-7-5-9-16(11-14)23-4/h5,7,9,11,13,15,17H,6,8,10,12H2,1-4H3. The number of ether oxygens (including phenoxy) is 2. The lowest BCUT2D eigenvalue weighted by Gasteiger charge is -2.36. The van der Waals surface area contributed by atoms with Crippen LogP contribution in [0.15, 0.2) is 24.3 Å². The number of amides is 1.